The Labute approximate surface area is 155 Å². The van der Waals surface area contributed by atoms with Crippen molar-refractivity contribution in [2.45, 2.75) is 12.8 Å². The third-order valence-electron chi connectivity index (χ3n) is 3.23. The van der Waals surface area contributed by atoms with Gasteiger partial charge in [0.2, 0.25) is 11.7 Å². The van der Waals surface area contributed by atoms with E-state index in [0.717, 1.165) is 4.47 Å². The predicted octanol–water partition coefficient (Wildman–Crippen LogP) is 4.83. The number of benzene rings is 2. The maximum Gasteiger partial charge on any atom is 0.311 e. The van der Waals surface area contributed by atoms with E-state index in [4.69, 9.17) is 20.9 Å². The number of nitrogens with zero attached hydrogens (tertiary/aromatic N) is 2. The highest BCUT2D eigenvalue weighted by molar-refractivity contribution is 9.10. The van der Waals surface area contributed by atoms with Gasteiger partial charge in [0.15, 0.2) is 0 Å². The van der Waals surface area contributed by atoms with Gasteiger partial charge in [0, 0.05) is 16.5 Å². The Kier molecular flexibility index (Phi) is 5.45. The summed E-state index contributed by atoms with van der Waals surface area (Å²) in [7, 11) is 0. The molecule has 0 bridgehead atoms. The quantitative estimate of drug-likeness (QED) is 0.433. The van der Waals surface area contributed by atoms with E-state index in [1.165, 1.54) is 12.1 Å². The van der Waals surface area contributed by atoms with Crippen molar-refractivity contribution >= 4 is 33.5 Å². The molecule has 0 radical (unpaired) electrons. The van der Waals surface area contributed by atoms with Crippen LogP contribution in [0.1, 0.15) is 12.3 Å². The highest BCUT2D eigenvalue weighted by atomic mass is 79.9. The third kappa shape index (κ3) is 4.64. The van der Waals surface area contributed by atoms with Gasteiger partial charge in [0.1, 0.15) is 11.6 Å². The molecule has 0 atom stereocenters. The van der Waals surface area contributed by atoms with Gasteiger partial charge in [-0.25, -0.2) is 4.39 Å². The molecule has 0 aliphatic heterocycles. The third-order valence-corrected chi connectivity index (χ3v) is 4.02. The van der Waals surface area contributed by atoms with Gasteiger partial charge in [0.05, 0.1) is 11.4 Å². The van der Waals surface area contributed by atoms with E-state index in [2.05, 4.69) is 26.1 Å². The number of hydrogen-bond donors (Lipinski definition) is 0. The van der Waals surface area contributed by atoms with Gasteiger partial charge in [-0.05, 0) is 42.5 Å². The first-order chi connectivity index (χ1) is 12.0. The molecule has 8 heteroatoms. The Bertz CT molecular complexity index is 899. The maximum atomic E-state index is 12.9. The Morgan fingerprint density at radius 3 is 2.72 bits per heavy atom. The lowest BCUT2D eigenvalue weighted by Gasteiger charge is -2.05. The number of carbonyl (C=O) groups excluding carboxylic acids is 1. The molecule has 25 heavy (non-hydrogen) atoms. The largest absolute Gasteiger partial charge is 0.425 e. The number of ether oxygens (including phenoxy) is 1. The molecule has 0 spiro atoms. The molecule has 128 valence electrons. The lowest BCUT2D eigenvalue weighted by molar-refractivity contribution is -0.134. The molecule has 1 heterocycles. The monoisotopic (exact) mass is 424 g/mol. The molecule has 0 fully saturated rings. The minimum Gasteiger partial charge on any atom is -0.425 e. The molecular weight excluding hydrogens is 415 g/mol. The second-order valence-corrected chi connectivity index (χ2v) is 6.39. The van der Waals surface area contributed by atoms with Gasteiger partial charge in [0.25, 0.3) is 0 Å². The van der Waals surface area contributed by atoms with Crippen molar-refractivity contribution in [3.63, 3.8) is 0 Å². The van der Waals surface area contributed by atoms with Crippen molar-refractivity contribution in [2.75, 3.05) is 0 Å². The second kappa shape index (κ2) is 7.76. The van der Waals surface area contributed by atoms with Gasteiger partial charge in [-0.1, -0.05) is 32.7 Å². The van der Waals surface area contributed by atoms with Crippen LogP contribution in [-0.2, 0) is 11.2 Å². The molecule has 0 aliphatic carbocycles. The van der Waals surface area contributed by atoms with Crippen molar-refractivity contribution in [1.82, 2.24) is 10.1 Å². The molecular formula is C17H11BrClFN2O3. The molecule has 0 N–H and O–H groups in total. The Morgan fingerprint density at radius 2 is 2.00 bits per heavy atom. The Balaban J connectivity index is 1.58. The summed E-state index contributed by atoms with van der Waals surface area (Å²) >= 11 is 9.27. The number of esters is 1. The van der Waals surface area contributed by atoms with Gasteiger partial charge in [-0.15, -0.1) is 0 Å². The highest BCUT2D eigenvalue weighted by Gasteiger charge is 2.13. The fraction of sp³-hybridized carbons (Fsp3) is 0.118. The van der Waals surface area contributed by atoms with Crippen molar-refractivity contribution in [3.8, 4) is 17.1 Å². The van der Waals surface area contributed by atoms with E-state index in [-0.39, 0.29) is 30.3 Å². The minimum atomic E-state index is -0.467. The first kappa shape index (κ1) is 17.6. The number of aromatic nitrogens is 2. The van der Waals surface area contributed by atoms with E-state index >= 15 is 0 Å². The number of rotatable bonds is 5. The summed E-state index contributed by atoms with van der Waals surface area (Å²) in [6.07, 6.45) is 0.276. The van der Waals surface area contributed by atoms with Crippen LogP contribution in [0, 0.1) is 5.82 Å². The van der Waals surface area contributed by atoms with Crippen LogP contribution in [0.4, 0.5) is 4.39 Å². The summed E-state index contributed by atoms with van der Waals surface area (Å²) in [6, 6.07) is 10.7. The van der Waals surface area contributed by atoms with Crippen LogP contribution >= 0.6 is 27.5 Å². The average Bonchev–Trinajstić information content (AvgIpc) is 3.05. The number of aryl methyl sites for hydroxylation is 1. The molecule has 5 nitrogen and oxygen atoms in total. The second-order valence-electron chi connectivity index (χ2n) is 5.07. The standard InChI is InChI=1S/C17H11BrClFN2O3/c18-11-3-6-14(13(19)9-11)24-16(23)8-7-15-21-17(22-25-15)10-1-4-12(20)5-2-10/h1-6,9H,7-8H2. The number of halogens is 3. The van der Waals surface area contributed by atoms with E-state index in [0.29, 0.717) is 16.4 Å². The Morgan fingerprint density at radius 1 is 1.24 bits per heavy atom. The topological polar surface area (TPSA) is 65.2 Å². The zero-order chi connectivity index (χ0) is 17.8. The molecule has 0 unspecified atom stereocenters. The van der Waals surface area contributed by atoms with E-state index < -0.39 is 5.97 Å². The summed E-state index contributed by atoms with van der Waals surface area (Å²) in [5.41, 5.74) is 0.626. The van der Waals surface area contributed by atoms with Crippen LogP contribution in [0.25, 0.3) is 11.4 Å². The summed E-state index contributed by atoms with van der Waals surface area (Å²) in [6.45, 7) is 0. The summed E-state index contributed by atoms with van der Waals surface area (Å²) in [4.78, 5) is 16.1. The van der Waals surface area contributed by atoms with Crippen LogP contribution in [0.15, 0.2) is 51.5 Å². The fourth-order valence-electron chi connectivity index (χ4n) is 2.01. The fourth-order valence-corrected chi connectivity index (χ4v) is 2.73. The zero-order valence-electron chi connectivity index (χ0n) is 12.7. The SMILES string of the molecule is O=C(CCc1nc(-c2ccc(F)cc2)no1)Oc1ccc(Br)cc1Cl. The van der Waals surface area contributed by atoms with Crippen molar-refractivity contribution in [3.05, 3.63) is 63.7 Å². The lowest BCUT2D eigenvalue weighted by atomic mass is 10.2. The number of carbonyl (C=O) groups is 1. The normalized spacial score (nSPS) is 10.7. The molecule has 1 aromatic heterocycles. The van der Waals surface area contributed by atoms with E-state index in [1.807, 2.05) is 0 Å². The summed E-state index contributed by atoms with van der Waals surface area (Å²) < 4.78 is 24.0. The predicted molar refractivity (Wildman–Crippen MR) is 92.8 cm³/mol. The highest BCUT2D eigenvalue weighted by Crippen LogP contribution is 2.28. The Hall–Kier alpha value is -2.25. The van der Waals surface area contributed by atoms with Gasteiger partial charge in [-0.2, -0.15) is 4.98 Å². The maximum absolute atomic E-state index is 12.9. The van der Waals surface area contributed by atoms with Gasteiger partial charge in [-0.3, -0.25) is 4.79 Å². The molecule has 2 aromatic carbocycles. The van der Waals surface area contributed by atoms with Gasteiger partial charge < -0.3 is 9.26 Å². The van der Waals surface area contributed by atoms with Crippen LogP contribution < -0.4 is 4.74 Å². The first-order valence-electron chi connectivity index (χ1n) is 7.25. The van der Waals surface area contributed by atoms with E-state index in [9.17, 15) is 9.18 Å². The van der Waals surface area contributed by atoms with Crippen molar-refractivity contribution in [2.24, 2.45) is 0 Å². The average molecular weight is 426 g/mol. The van der Waals surface area contributed by atoms with Gasteiger partial charge >= 0.3 is 5.97 Å². The van der Waals surface area contributed by atoms with Crippen LogP contribution in [0.3, 0.4) is 0 Å². The van der Waals surface area contributed by atoms with Crippen LogP contribution in [0.2, 0.25) is 5.02 Å². The molecule has 0 amide bonds. The van der Waals surface area contributed by atoms with Crippen LogP contribution in [-0.4, -0.2) is 16.1 Å². The summed E-state index contributed by atoms with van der Waals surface area (Å²) in [5.74, 6) is 0.0949. The zero-order valence-corrected chi connectivity index (χ0v) is 15.1. The van der Waals surface area contributed by atoms with Crippen molar-refractivity contribution in [1.29, 1.82) is 0 Å². The first-order valence-corrected chi connectivity index (χ1v) is 8.42. The van der Waals surface area contributed by atoms with Crippen molar-refractivity contribution < 1.29 is 18.4 Å². The number of hydrogen-bond acceptors (Lipinski definition) is 5. The van der Waals surface area contributed by atoms with Crippen LogP contribution in [0.5, 0.6) is 5.75 Å². The summed E-state index contributed by atoms with van der Waals surface area (Å²) in [5, 5.41) is 4.15. The molecule has 0 saturated carbocycles. The molecule has 3 rings (SSSR count). The molecule has 0 saturated heterocycles. The minimum absolute atomic E-state index is 0.0530. The smallest absolute Gasteiger partial charge is 0.311 e. The van der Waals surface area contributed by atoms with E-state index in [1.54, 1.807) is 30.3 Å². The molecule has 0 aliphatic rings. The molecule has 3 aromatic rings. The lowest BCUT2D eigenvalue weighted by Crippen LogP contribution is -2.09.